The first-order valence-electron chi connectivity index (χ1n) is 5.55. The van der Waals surface area contributed by atoms with Crippen LogP contribution in [0.3, 0.4) is 0 Å². The van der Waals surface area contributed by atoms with E-state index in [1.165, 1.54) is 0 Å². The molecule has 1 heterocycles. The van der Waals surface area contributed by atoms with Crippen LogP contribution in [0.1, 0.15) is 0 Å². The van der Waals surface area contributed by atoms with E-state index in [1.54, 1.807) is 26.5 Å². The monoisotopic (exact) mass is 261 g/mol. The zero-order chi connectivity index (χ0) is 13.7. The van der Waals surface area contributed by atoms with Gasteiger partial charge in [-0.3, -0.25) is 5.43 Å². The van der Waals surface area contributed by atoms with Crippen LogP contribution in [0.15, 0.2) is 30.5 Å². The van der Waals surface area contributed by atoms with Crippen LogP contribution in [-0.4, -0.2) is 24.2 Å². The highest BCUT2D eigenvalue weighted by molar-refractivity contribution is 5.66. The fraction of sp³-hybridized carbons (Fsp3) is 0.167. The molecule has 0 unspecified atom stereocenters. The number of nitrogen functional groups attached to an aromatic ring is 1. The maximum absolute atomic E-state index is 5.27. The van der Waals surface area contributed by atoms with Crippen LogP contribution in [0.4, 0.5) is 17.5 Å². The Balaban J connectivity index is 2.30. The lowest BCUT2D eigenvalue weighted by Crippen LogP contribution is -2.11. The normalized spacial score (nSPS) is 9.84. The van der Waals surface area contributed by atoms with E-state index >= 15 is 0 Å². The summed E-state index contributed by atoms with van der Waals surface area (Å²) >= 11 is 0. The Kier molecular flexibility index (Phi) is 3.99. The lowest BCUT2D eigenvalue weighted by Gasteiger charge is -2.12. The Bertz CT molecular complexity index is 562. The minimum atomic E-state index is 0.326. The van der Waals surface area contributed by atoms with Crippen LogP contribution < -0.4 is 26.1 Å². The molecule has 2 rings (SSSR count). The number of methoxy groups -OCH3 is 2. The smallest absolute Gasteiger partial charge is 0.239 e. The van der Waals surface area contributed by atoms with Gasteiger partial charge >= 0.3 is 0 Å². The van der Waals surface area contributed by atoms with Gasteiger partial charge in [0.05, 0.1) is 19.9 Å². The summed E-state index contributed by atoms with van der Waals surface area (Å²) in [5.74, 6) is 7.58. The lowest BCUT2D eigenvalue weighted by atomic mass is 10.2. The van der Waals surface area contributed by atoms with E-state index in [-0.39, 0.29) is 0 Å². The van der Waals surface area contributed by atoms with E-state index in [2.05, 4.69) is 20.7 Å². The van der Waals surface area contributed by atoms with Gasteiger partial charge < -0.3 is 14.8 Å². The maximum atomic E-state index is 5.27. The molecule has 0 spiro atoms. The van der Waals surface area contributed by atoms with Gasteiger partial charge in [0.25, 0.3) is 0 Å². The van der Waals surface area contributed by atoms with Gasteiger partial charge in [0.2, 0.25) is 5.95 Å². The number of hydrogen-bond acceptors (Lipinski definition) is 7. The first-order valence-corrected chi connectivity index (χ1v) is 5.55. The third-order valence-electron chi connectivity index (χ3n) is 2.45. The predicted molar refractivity (Wildman–Crippen MR) is 72.7 cm³/mol. The Morgan fingerprint density at radius 1 is 1.16 bits per heavy atom. The third-order valence-corrected chi connectivity index (χ3v) is 2.45. The molecule has 0 aliphatic heterocycles. The summed E-state index contributed by atoms with van der Waals surface area (Å²) in [4.78, 5) is 8.10. The summed E-state index contributed by atoms with van der Waals surface area (Å²) in [5, 5.41) is 3.12. The van der Waals surface area contributed by atoms with E-state index < -0.39 is 0 Å². The Morgan fingerprint density at radius 3 is 2.68 bits per heavy atom. The fourth-order valence-corrected chi connectivity index (χ4v) is 1.55. The van der Waals surface area contributed by atoms with Crippen molar-refractivity contribution in [3.63, 3.8) is 0 Å². The number of hydrazine groups is 1. The van der Waals surface area contributed by atoms with E-state index in [1.807, 2.05) is 18.2 Å². The minimum absolute atomic E-state index is 0.326. The summed E-state index contributed by atoms with van der Waals surface area (Å²) in [7, 11) is 3.20. The molecule has 100 valence electrons. The molecule has 2 aromatic rings. The predicted octanol–water partition coefficient (Wildman–Crippen LogP) is 1.52. The molecule has 0 atom stereocenters. The van der Waals surface area contributed by atoms with Crippen LogP contribution in [0.5, 0.6) is 11.5 Å². The zero-order valence-electron chi connectivity index (χ0n) is 10.7. The first-order chi connectivity index (χ1) is 9.26. The highest BCUT2D eigenvalue weighted by Crippen LogP contribution is 2.30. The number of aromatic nitrogens is 2. The molecule has 7 nitrogen and oxygen atoms in total. The van der Waals surface area contributed by atoms with Crippen molar-refractivity contribution in [2.75, 3.05) is 25.0 Å². The molecule has 0 amide bonds. The summed E-state index contributed by atoms with van der Waals surface area (Å²) in [6.45, 7) is 0. The number of nitrogens with one attached hydrogen (secondary N) is 2. The van der Waals surface area contributed by atoms with Gasteiger partial charge in [-0.25, -0.2) is 10.8 Å². The Morgan fingerprint density at radius 2 is 2.00 bits per heavy atom. The van der Waals surface area contributed by atoms with Gasteiger partial charge in [-0.15, -0.1) is 0 Å². The second-order valence-electron chi connectivity index (χ2n) is 3.60. The number of rotatable bonds is 5. The summed E-state index contributed by atoms with van der Waals surface area (Å²) < 4.78 is 10.4. The van der Waals surface area contributed by atoms with Gasteiger partial charge in [0, 0.05) is 12.3 Å². The number of benzene rings is 1. The molecule has 19 heavy (non-hydrogen) atoms. The molecule has 0 aliphatic carbocycles. The topological polar surface area (TPSA) is 94.3 Å². The van der Waals surface area contributed by atoms with E-state index in [0.717, 1.165) is 11.4 Å². The maximum Gasteiger partial charge on any atom is 0.239 e. The molecular formula is C12H15N5O2. The van der Waals surface area contributed by atoms with Crippen LogP contribution in [0.2, 0.25) is 0 Å². The number of hydrogen-bond donors (Lipinski definition) is 3. The third kappa shape index (κ3) is 3.02. The van der Waals surface area contributed by atoms with Crippen LogP contribution in [-0.2, 0) is 0 Å². The second kappa shape index (κ2) is 5.87. The largest absolute Gasteiger partial charge is 0.497 e. The highest BCUT2D eigenvalue weighted by Gasteiger charge is 2.06. The van der Waals surface area contributed by atoms with E-state index in [0.29, 0.717) is 17.5 Å². The summed E-state index contributed by atoms with van der Waals surface area (Å²) in [6.07, 6.45) is 1.59. The number of ether oxygens (including phenoxy) is 2. The van der Waals surface area contributed by atoms with Crippen LogP contribution in [0.25, 0.3) is 0 Å². The molecule has 0 saturated carbocycles. The quantitative estimate of drug-likeness (QED) is 0.555. The average Bonchev–Trinajstić information content (AvgIpc) is 2.47. The van der Waals surface area contributed by atoms with Crippen molar-refractivity contribution in [3.8, 4) is 11.5 Å². The van der Waals surface area contributed by atoms with Crippen molar-refractivity contribution in [3.05, 3.63) is 30.5 Å². The van der Waals surface area contributed by atoms with Crippen molar-refractivity contribution >= 4 is 17.5 Å². The standard InChI is InChI=1S/C12H15N5O2/c1-18-8-3-4-10(19-2)9(7-8)15-11-5-6-14-12(16-11)17-13/h3-7H,13H2,1-2H3,(H2,14,15,16,17). The van der Waals surface area contributed by atoms with E-state index in [9.17, 15) is 0 Å². The van der Waals surface area contributed by atoms with Gasteiger partial charge in [-0.05, 0) is 18.2 Å². The number of nitrogens with zero attached hydrogens (tertiary/aromatic N) is 2. The Labute approximate surface area is 110 Å². The molecule has 0 saturated heterocycles. The Hall–Kier alpha value is -2.54. The summed E-state index contributed by atoms with van der Waals surface area (Å²) in [6, 6.07) is 7.16. The molecule has 1 aromatic heterocycles. The van der Waals surface area contributed by atoms with Crippen molar-refractivity contribution in [1.82, 2.24) is 9.97 Å². The van der Waals surface area contributed by atoms with Crippen molar-refractivity contribution in [2.24, 2.45) is 5.84 Å². The van der Waals surface area contributed by atoms with Crippen molar-refractivity contribution in [2.45, 2.75) is 0 Å². The first kappa shape index (κ1) is 12.9. The van der Waals surface area contributed by atoms with Crippen molar-refractivity contribution in [1.29, 1.82) is 0 Å². The molecule has 4 N–H and O–H groups in total. The van der Waals surface area contributed by atoms with Crippen molar-refractivity contribution < 1.29 is 9.47 Å². The average molecular weight is 261 g/mol. The fourth-order valence-electron chi connectivity index (χ4n) is 1.55. The molecule has 0 bridgehead atoms. The molecule has 7 heteroatoms. The minimum Gasteiger partial charge on any atom is -0.497 e. The lowest BCUT2D eigenvalue weighted by molar-refractivity contribution is 0.405. The molecular weight excluding hydrogens is 246 g/mol. The molecule has 1 aromatic carbocycles. The van der Waals surface area contributed by atoms with Gasteiger partial charge in [-0.1, -0.05) is 0 Å². The number of anilines is 3. The number of nitrogens with two attached hydrogens (primary N) is 1. The highest BCUT2D eigenvalue weighted by atomic mass is 16.5. The second-order valence-corrected chi connectivity index (χ2v) is 3.60. The zero-order valence-corrected chi connectivity index (χ0v) is 10.7. The van der Waals surface area contributed by atoms with E-state index in [4.69, 9.17) is 15.3 Å². The van der Waals surface area contributed by atoms with Gasteiger partial charge in [0.15, 0.2) is 0 Å². The van der Waals surface area contributed by atoms with Gasteiger partial charge in [0.1, 0.15) is 17.3 Å². The molecule has 0 aliphatic rings. The summed E-state index contributed by atoms with van der Waals surface area (Å²) in [5.41, 5.74) is 3.13. The van der Waals surface area contributed by atoms with Gasteiger partial charge in [-0.2, -0.15) is 4.98 Å². The SMILES string of the molecule is COc1ccc(OC)c(Nc2ccnc(NN)n2)c1. The molecule has 0 radical (unpaired) electrons. The van der Waals surface area contributed by atoms with Crippen LogP contribution in [0, 0.1) is 0 Å². The van der Waals surface area contributed by atoms with Crippen LogP contribution >= 0.6 is 0 Å². The molecule has 0 fully saturated rings.